The van der Waals surface area contributed by atoms with Gasteiger partial charge in [0, 0.05) is 37.9 Å². The Morgan fingerprint density at radius 3 is 2.53 bits per heavy atom. The van der Waals surface area contributed by atoms with Crippen molar-refractivity contribution in [3.8, 4) is 0 Å². The average Bonchev–Trinajstić information content (AvgIpc) is 2.89. The fraction of sp³-hybridized carbons (Fsp3) is 0.667. The van der Waals surface area contributed by atoms with Gasteiger partial charge in [-0.2, -0.15) is 0 Å². The van der Waals surface area contributed by atoms with Crippen molar-refractivity contribution >= 4 is 21.9 Å². The maximum atomic E-state index is 4.36. The smallest absolute Gasteiger partial charge is 0.225 e. The largest absolute Gasteiger partial charge is 0.343 e. The SMILES string of the molecule is CN(CCN1CCCC1)c1ncc(CBr)cn1. The number of likely N-dealkylation sites (N-methyl/N-ethyl adjacent to an activating group) is 1. The first-order chi connectivity index (χ1) is 8.29. The standard InChI is InChI=1S/C12H19BrN4/c1-16(6-7-17-4-2-3-5-17)12-14-9-11(8-13)10-15-12/h9-10H,2-8H2,1H3. The minimum Gasteiger partial charge on any atom is -0.343 e. The lowest BCUT2D eigenvalue weighted by Gasteiger charge is -2.21. The molecule has 17 heavy (non-hydrogen) atoms. The van der Waals surface area contributed by atoms with Gasteiger partial charge in [-0.1, -0.05) is 15.9 Å². The number of anilines is 1. The predicted molar refractivity (Wildman–Crippen MR) is 73.6 cm³/mol. The van der Waals surface area contributed by atoms with Gasteiger partial charge in [0.15, 0.2) is 0 Å². The predicted octanol–water partition coefficient (Wildman–Crippen LogP) is 1.90. The Labute approximate surface area is 111 Å². The summed E-state index contributed by atoms with van der Waals surface area (Å²) in [5, 5.41) is 0.810. The third-order valence-corrected chi connectivity index (χ3v) is 3.79. The Kier molecular flexibility index (Phi) is 4.74. The van der Waals surface area contributed by atoms with E-state index in [1.165, 1.54) is 25.9 Å². The fourth-order valence-electron chi connectivity index (χ4n) is 2.01. The minimum atomic E-state index is 0.810. The van der Waals surface area contributed by atoms with Crippen LogP contribution in [0.15, 0.2) is 12.4 Å². The lowest BCUT2D eigenvalue weighted by molar-refractivity contribution is 0.346. The van der Waals surface area contributed by atoms with Crippen molar-refractivity contribution in [2.45, 2.75) is 18.2 Å². The van der Waals surface area contributed by atoms with Crippen LogP contribution in [-0.4, -0.2) is 48.1 Å². The maximum absolute atomic E-state index is 4.36. The van der Waals surface area contributed by atoms with E-state index in [-0.39, 0.29) is 0 Å². The highest BCUT2D eigenvalue weighted by Gasteiger charge is 2.12. The van der Waals surface area contributed by atoms with Crippen molar-refractivity contribution in [2.75, 3.05) is 38.1 Å². The monoisotopic (exact) mass is 298 g/mol. The molecule has 0 atom stereocenters. The van der Waals surface area contributed by atoms with E-state index >= 15 is 0 Å². The van der Waals surface area contributed by atoms with Crippen LogP contribution >= 0.6 is 15.9 Å². The first-order valence-corrected chi connectivity index (χ1v) is 7.22. The second-order valence-electron chi connectivity index (χ2n) is 4.50. The second-order valence-corrected chi connectivity index (χ2v) is 5.06. The van der Waals surface area contributed by atoms with Gasteiger partial charge in [0.2, 0.25) is 5.95 Å². The van der Waals surface area contributed by atoms with E-state index < -0.39 is 0 Å². The first-order valence-electron chi connectivity index (χ1n) is 6.10. The van der Waals surface area contributed by atoms with Gasteiger partial charge >= 0.3 is 0 Å². The molecule has 0 bridgehead atoms. The molecule has 1 fully saturated rings. The highest BCUT2D eigenvalue weighted by atomic mass is 79.9. The lowest BCUT2D eigenvalue weighted by atomic mass is 10.4. The summed E-state index contributed by atoms with van der Waals surface area (Å²) in [6.07, 6.45) is 6.45. The van der Waals surface area contributed by atoms with Crippen molar-refractivity contribution in [3.05, 3.63) is 18.0 Å². The Bertz CT molecular complexity index is 335. The van der Waals surface area contributed by atoms with Crippen LogP contribution in [0.2, 0.25) is 0 Å². The molecule has 94 valence electrons. The van der Waals surface area contributed by atoms with E-state index in [1.807, 2.05) is 12.4 Å². The second kappa shape index (κ2) is 6.31. The van der Waals surface area contributed by atoms with Gasteiger partial charge in [0.25, 0.3) is 0 Å². The molecule has 0 amide bonds. The van der Waals surface area contributed by atoms with Gasteiger partial charge in [-0.25, -0.2) is 9.97 Å². The molecule has 5 heteroatoms. The number of hydrogen-bond acceptors (Lipinski definition) is 4. The van der Waals surface area contributed by atoms with Crippen molar-refractivity contribution < 1.29 is 0 Å². The van der Waals surface area contributed by atoms with E-state index in [0.717, 1.165) is 29.9 Å². The summed E-state index contributed by atoms with van der Waals surface area (Å²) < 4.78 is 0. The van der Waals surface area contributed by atoms with Gasteiger partial charge in [-0.15, -0.1) is 0 Å². The zero-order valence-corrected chi connectivity index (χ0v) is 11.9. The number of likely N-dealkylation sites (tertiary alicyclic amines) is 1. The molecule has 1 aliphatic heterocycles. The molecule has 1 aliphatic rings. The summed E-state index contributed by atoms with van der Waals surface area (Å²) in [6.45, 7) is 4.60. The maximum Gasteiger partial charge on any atom is 0.225 e. The first kappa shape index (κ1) is 12.8. The third kappa shape index (κ3) is 3.64. The normalized spacial score (nSPS) is 16.4. The number of aromatic nitrogens is 2. The number of rotatable bonds is 5. The number of nitrogens with zero attached hydrogens (tertiary/aromatic N) is 4. The van der Waals surface area contributed by atoms with Gasteiger partial charge in [0.1, 0.15) is 0 Å². The van der Waals surface area contributed by atoms with Crippen LogP contribution in [0.5, 0.6) is 0 Å². The molecule has 0 N–H and O–H groups in total. The zero-order valence-electron chi connectivity index (χ0n) is 10.3. The summed E-state index contributed by atoms with van der Waals surface area (Å²) in [6, 6.07) is 0. The van der Waals surface area contributed by atoms with Crippen LogP contribution in [0.25, 0.3) is 0 Å². The zero-order chi connectivity index (χ0) is 12.1. The number of halogens is 1. The molecule has 1 aromatic heterocycles. The fourth-order valence-corrected chi connectivity index (χ4v) is 2.30. The summed E-state index contributed by atoms with van der Waals surface area (Å²) in [7, 11) is 2.05. The Balaban J connectivity index is 1.83. The topological polar surface area (TPSA) is 32.3 Å². The summed E-state index contributed by atoms with van der Waals surface area (Å²) in [4.78, 5) is 13.3. The van der Waals surface area contributed by atoms with Crippen molar-refractivity contribution in [1.29, 1.82) is 0 Å². The molecule has 1 aromatic rings. The number of alkyl halides is 1. The molecular weight excluding hydrogens is 280 g/mol. The van der Waals surface area contributed by atoms with Crippen LogP contribution in [0, 0.1) is 0 Å². The van der Waals surface area contributed by atoms with Crippen LogP contribution < -0.4 is 4.90 Å². The van der Waals surface area contributed by atoms with E-state index in [9.17, 15) is 0 Å². The molecule has 0 saturated carbocycles. The van der Waals surface area contributed by atoms with E-state index in [2.05, 4.69) is 42.7 Å². The van der Waals surface area contributed by atoms with Crippen LogP contribution in [0.3, 0.4) is 0 Å². The molecule has 2 heterocycles. The molecule has 4 nitrogen and oxygen atoms in total. The highest BCUT2D eigenvalue weighted by Crippen LogP contribution is 2.09. The quantitative estimate of drug-likeness (QED) is 0.777. The Morgan fingerprint density at radius 2 is 1.94 bits per heavy atom. The van der Waals surface area contributed by atoms with Crippen LogP contribution in [0.4, 0.5) is 5.95 Å². The van der Waals surface area contributed by atoms with Gasteiger partial charge < -0.3 is 9.80 Å². The van der Waals surface area contributed by atoms with Gasteiger partial charge in [-0.05, 0) is 31.5 Å². The van der Waals surface area contributed by atoms with E-state index in [1.54, 1.807) is 0 Å². The Hall–Kier alpha value is -0.680. The number of hydrogen-bond donors (Lipinski definition) is 0. The van der Waals surface area contributed by atoms with Crippen molar-refractivity contribution in [2.24, 2.45) is 0 Å². The van der Waals surface area contributed by atoms with Gasteiger partial charge in [0.05, 0.1) is 0 Å². The molecule has 2 rings (SSSR count). The highest BCUT2D eigenvalue weighted by molar-refractivity contribution is 9.08. The Morgan fingerprint density at radius 1 is 1.29 bits per heavy atom. The summed E-state index contributed by atoms with van der Waals surface area (Å²) in [5.74, 6) is 0.814. The van der Waals surface area contributed by atoms with Crippen molar-refractivity contribution in [3.63, 3.8) is 0 Å². The molecule has 0 spiro atoms. The molecule has 0 radical (unpaired) electrons. The summed E-state index contributed by atoms with van der Waals surface area (Å²) >= 11 is 3.39. The molecule has 0 aromatic carbocycles. The van der Waals surface area contributed by atoms with E-state index in [0.29, 0.717) is 0 Å². The van der Waals surface area contributed by atoms with Crippen LogP contribution in [-0.2, 0) is 5.33 Å². The van der Waals surface area contributed by atoms with E-state index in [4.69, 9.17) is 0 Å². The average molecular weight is 299 g/mol. The van der Waals surface area contributed by atoms with Crippen molar-refractivity contribution in [1.82, 2.24) is 14.9 Å². The molecular formula is C12H19BrN4. The molecule has 0 aliphatic carbocycles. The lowest BCUT2D eigenvalue weighted by Crippen LogP contribution is -2.32. The van der Waals surface area contributed by atoms with Crippen LogP contribution in [0.1, 0.15) is 18.4 Å². The third-order valence-electron chi connectivity index (χ3n) is 3.14. The van der Waals surface area contributed by atoms with Gasteiger partial charge in [-0.3, -0.25) is 0 Å². The minimum absolute atomic E-state index is 0.810. The molecule has 0 unspecified atom stereocenters. The summed E-state index contributed by atoms with van der Waals surface area (Å²) in [5.41, 5.74) is 1.11. The molecule has 1 saturated heterocycles.